The fraction of sp³-hybridized carbons (Fsp3) is 0.533. The molecule has 0 unspecified atom stereocenters. The van der Waals surface area contributed by atoms with Crippen LogP contribution in [0.2, 0.25) is 0 Å². The Bertz CT molecular complexity index is 373. The summed E-state index contributed by atoms with van der Waals surface area (Å²) in [7, 11) is 0. The van der Waals surface area contributed by atoms with E-state index in [1.165, 1.54) is 5.56 Å². The molecule has 1 aromatic carbocycles. The molecule has 94 valence electrons. The van der Waals surface area contributed by atoms with E-state index in [4.69, 9.17) is 0 Å². The molecule has 0 aromatic heterocycles. The third-order valence-corrected chi connectivity index (χ3v) is 2.98. The van der Waals surface area contributed by atoms with Crippen molar-refractivity contribution in [1.82, 2.24) is 5.32 Å². The summed E-state index contributed by atoms with van der Waals surface area (Å²) < 4.78 is 0. The van der Waals surface area contributed by atoms with Gasteiger partial charge < -0.3 is 5.32 Å². The van der Waals surface area contributed by atoms with Gasteiger partial charge in [0.15, 0.2) is 0 Å². The standard InChI is InChI=1S/C15H23NO/c1-6-14(17)16-11(2)12-7-9-13(10-8-12)15(3,4)5/h7-11H,6H2,1-5H3,(H,16,17)/t11-/m1/s1. The van der Waals surface area contributed by atoms with Crippen LogP contribution in [-0.4, -0.2) is 5.91 Å². The first-order valence-corrected chi connectivity index (χ1v) is 6.24. The van der Waals surface area contributed by atoms with E-state index in [9.17, 15) is 4.79 Å². The number of carbonyl (C=O) groups excluding carboxylic acids is 1. The van der Waals surface area contributed by atoms with Crippen LogP contribution in [0.4, 0.5) is 0 Å². The second-order valence-corrected chi connectivity index (χ2v) is 5.51. The molecule has 17 heavy (non-hydrogen) atoms. The van der Waals surface area contributed by atoms with Gasteiger partial charge in [0.05, 0.1) is 6.04 Å². The average Bonchev–Trinajstić information content (AvgIpc) is 2.27. The zero-order valence-electron chi connectivity index (χ0n) is 11.5. The van der Waals surface area contributed by atoms with Crippen LogP contribution in [0, 0.1) is 0 Å². The lowest BCUT2D eigenvalue weighted by molar-refractivity contribution is -0.121. The van der Waals surface area contributed by atoms with E-state index in [2.05, 4.69) is 50.4 Å². The molecular weight excluding hydrogens is 210 g/mol. The van der Waals surface area contributed by atoms with E-state index < -0.39 is 0 Å². The molecule has 0 aliphatic heterocycles. The Morgan fingerprint density at radius 1 is 1.24 bits per heavy atom. The minimum absolute atomic E-state index is 0.0801. The van der Waals surface area contributed by atoms with Crippen molar-refractivity contribution in [2.45, 2.75) is 52.5 Å². The fourth-order valence-corrected chi connectivity index (χ4v) is 1.70. The highest BCUT2D eigenvalue weighted by atomic mass is 16.1. The lowest BCUT2D eigenvalue weighted by Crippen LogP contribution is -2.25. The van der Waals surface area contributed by atoms with Crippen LogP contribution >= 0.6 is 0 Å². The molecule has 0 saturated carbocycles. The van der Waals surface area contributed by atoms with Crippen LogP contribution in [0.25, 0.3) is 0 Å². The Morgan fingerprint density at radius 3 is 2.18 bits per heavy atom. The molecule has 2 heteroatoms. The number of carbonyl (C=O) groups is 1. The quantitative estimate of drug-likeness (QED) is 0.849. The first-order valence-electron chi connectivity index (χ1n) is 6.24. The third-order valence-electron chi connectivity index (χ3n) is 2.98. The second kappa shape index (κ2) is 5.35. The van der Waals surface area contributed by atoms with Crippen molar-refractivity contribution in [3.63, 3.8) is 0 Å². The lowest BCUT2D eigenvalue weighted by Gasteiger charge is -2.20. The summed E-state index contributed by atoms with van der Waals surface area (Å²) >= 11 is 0. The van der Waals surface area contributed by atoms with E-state index in [-0.39, 0.29) is 17.4 Å². The summed E-state index contributed by atoms with van der Waals surface area (Å²) in [5.41, 5.74) is 2.64. The van der Waals surface area contributed by atoms with Gasteiger partial charge in [0.1, 0.15) is 0 Å². The molecule has 0 radical (unpaired) electrons. The molecule has 0 spiro atoms. The van der Waals surface area contributed by atoms with Gasteiger partial charge in [-0.1, -0.05) is 52.0 Å². The van der Waals surface area contributed by atoms with Crippen LogP contribution < -0.4 is 5.32 Å². The molecule has 1 atom stereocenters. The Kier molecular flexibility index (Phi) is 4.33. The third kappa shape index (κ3) is 3.88. The zero-order chi connectivity index (χ0) is 13.1. The van der Waals surface area contributed by atoms with E-state index in [0.717, 1.165) is 5.56 Å². The summed E-state index contributed by atoms with van der Waals surface area (Å²) in [6.07, 6.45) is 0.532. The van der Waals surface area contributed by atoms with Gasteiger partial charge in [-0.2, -0.15) is 0 Å². The predicted molar refractivity (Wildman–Crippen MR) is 72.0 cm³/mol. The van der Waals surface area contributed by atoms with Crippen molar-refractivity contribution in [3.8, 4) is 0 Å². The highest BCUT2D eigenvalue weighted by molar-refractivity contribution is 5.75. The molecule has 1 rings (SSSR count). The number of rotatable bonds is 3. The van der Waals surface area contributed by atoms with Crippen LogP contribution in [-0.2, 0) is 10.2 Å². The minimum Gasteiger partial charge on any atom is -0.350 e. The lowest BCUT2D eigenvalue weighted by atomic mass is 9.86. The van der Waals surface area contributed by atoms with Crippen LogP contribution in [0.15, 0.2) is 24.3 Å². The van der Waals surface area contributed by atoms with Gasteiger partial charge >= 0.3 is 0 Å². The summed E-state index contributed by atoms with van der Waals surface area (Å²) in [6.45, 7) is 10.5. The summed E-state index contributed by atoms with van der Waals surface area (Å²) in [5.74, 6) is 0.0948. The minimum atomic E-state index is 0.0801. The smallest absolute Gasteiger partial charge is 0.220 e. The maximum atomic E-state index is 11.3. The van der Waals surface area contributed by atoms with Gasteiger partial charge in [-0.15, -0.1) is 0 Å². The average molecular weight is 233 g/mol. The van der Waals surface area contributed by atoms with E-state index >= 15 is 0 Å². The molecule has 2 nitrogen and oxygen atoms in total. The molecule has 1 N–H and O–H groups in total. The summed E-state index contributed by atoms with van der Waals surface area (Å²) in [5, 5.41) is 2.97. The zero-order valence-corrected chi connectivity index (χ0v) is 11.5. The molecule has 0 aliphatic carbocycles. The summed E-state index contributed by atoms with van der Waals surface area (Å²) in [4.78, 5) is 11.3. The molecule has 0 heterocycles. The number of amides is 1. The van der Waals surface area contributed by atoms with E-state index in [1.54, 1.807) is 0 Å². The monoisotopic (exact) mass is 233 g/mol. The number of hydrogen-bond acceptors (Lipinski definition) is 1. The molecular formula is C15H23NO. The maximum Gasteiger partial charge on any atom is 0.220 e. The number of hydrogen-bond donors (Lipinski definition) is 1. The molecule has 0 saturated heterocycles. The highest BCUT2D eigenvalue weighted by Crippen LogP contribution is 2.23. The second-order valence-electron chi connectivity index (χ2n) is 5.51. The van der Waals surface area contributed by atoms with Crippen molar-refractivity contribution < 1.29 is 4.79 Å². The van der Waals surface area contributed by atoms with Crippen molar-refractivity contribution in [2.75, 3.05) is 0 Å². The molecule has 0 aliphatic rings. The molecule has 0 fully saturated rings. The SMILES string of the molecule is CCC(=O)N[C@H](C)c1ccc(C(C)(C)C)cc1. The van der Waals surface area contributed by atoms with E-state index in [1.807, 2.05) is 13.8 Å². The Labute approximate surface area is 104 Å². The van der Waals surface area contributed by atoms with Gasteiger partial charge in [0, 0.05) is 6.42 Å². The van der Waals surface area contributed by atoms with Crippen LogP contribution in [0.1, 0.15) is 58.2 Å². The number of nitrogens with one attached hydrogen (secondary N) is 1. The van der Waals surface area contributed by atoms with Gasteiger partial charge in [-0.25, -0.2) is 0 Å². The van der Waals surface area contributed by atoms with Gasteiger partial charge in [-0.3, -0.25) is 4.79 Å². The topological polar surface area (TPSA) is 29.1 Å². The maximum absolute atomic E-state index is 11.3. The Balaban J connectivity index is 2.77. The van der Waals surface area contributed by atoms with Crippen molar-refractivity contribution >= 4 is 5.91 Å². The largest absolute Gasteiger partial charge is 0.350 e. The van der Waals surface area contributed by atoms with Crippen LogP contribution in [0.5, 0.6) is 0 Å². The Hall–Kier alpha value is -1.31. The summed E-state index contributed by atoms with van der Waals surface area (Å²) in [6, 6.07) is 8.56. The van der Waals surface area contributed by atoms with Crippen LogP contribution in [0.3, 0.4) is 0 Å². The van der Waals surface area contributed by atoms with Gasteiger partial charge in [0.2, 0.25) is 5.91 Å². The van der Waals surface area contributed by atoms with Crippen molar-refractivity contribution in [2.24, 2.45) is 0 Å². The predicted octanol–water partition coefficient (Wildman–Crippen LogP) is 3.57. The van der Waals surface area contributed by atoms with Gasteiger partial charge in [-0.05, 0) is 23.5 Å². The highest BCUT2D eigenvalue weighted by Gasteiger charge is 2.14. The molecule has 1 aromatic rings. The first-order chi connectivity index (χ1) is 7.84. The Morgan fingerprint density at radius 2 is 1.76 bits per heavy atom. The molecule has 1 amide bonds. The molecule has 0 bridgehead atoms. The van der Waals surface area contributed by atoms with Crippen molar-refractivity contribution in [3.05, 3.63) is 35.4 Å². The van der Waals surface area contributed by atoms with E-state index in [0.29, 0.717) is 6.42 Å². The van der Waals surface area contributed by atoms with Gasteiger partial charge in [0.25, 0.3) is 0 Å². The fourth-order valence-electron chi connectivity index (χ4n) is 1.70. The number of benzene rings is 1. The first kappa shape index (κ1) is 13.8. The normalized spacial score (nSPS) is 13.2. The van der Waals surface area contributed by atoms with Crippen molar-refractivity contribution in [1.29, 1.82) is 0 Å².